The van der Waals surface area contributed by atoms with Crippen molar-refractivity contribution in [2.24, 2.45) is 0 Å². The molecule has 0 atom stereocenters. The van der Waals surface area contributed by atoms with Crippen LogP contribution in [0.5, 0.6) is 0 Å². The number of sulfonamides is 1. The first-order chi connectivity index (χ1) is 10.9. The molecule has 23 heavy (non-hydrogen) atoms. The monoisotopic (exact) mass is 372 g/mol. The van der Waals surface area contributed by atoms with Crippen molar-refractivity contribution in [2.45, 2.75) is 11.8 Å². The summed E-state index contributed by atoms with van der Waals surface area (Å²) in [5.74, 6) is -0.0228. The molecule has 1 aromatic carbocycles. The number of aromatic amines is 1. The summed E-state index contributed by atoms with van der Waals surface area (Å²) < 4.78 is 35.8. The first-order valence-electron chi connectivity index (χ1n) is 6.17. The van der Waals surface area contributed by atoms with Crippen molar-refractivity contribution in [3.8, 4) is 11.3 Å². The van der Waals surface area contributed by atoms with Gasteiger partial charge in [0, 0.05) is 22.8 Å². The van der Waals surface area contributed by atoms with E-state index in [0.29, 0.717) is 15.6 Å². The molecule has 120 valence electrons. The Labute approximate surface area is 139 Å². The first-order valence-corrected chi connectivity index (χ1v) is 8.81. The average molecular weight is 373 g/mol. The largest absolute Gasteiger partial charge is 0.382 e. The summed E-state index contributed by atoms with van der Waals surface area (Å²) in [4.78, 5) is 11.1. The molecule has 0 aliphatic rings. The number of rotatable bonds is 4. The number of H-pyrrole nitrogens is 1. The highest BCUT2D eigenvalue weighted by Gasteiger charge is 2.24. The molecule has 0 saturated carbocycles. The third kappa shape index (κ3) is 3.00. The Hall–Kier alpha value is -2.17. The van der Waals surface area contributed by atoms with Gasteiger partial charge >= 0.3 is 5.56 Å². The molecule has 0 fully saturated rings. The van der Waals surface area contributed by atoms with E-state index in [1.807, 2.05) is 5.16 Å². The molecule has 0 amide bonds. The van der Waals surface area contributed by atoms with Gasteiger partial charge in [0.25, 0.3) is 10.0 Å². The van der Waals surface area contributed by atoms with Gasteiger partial charge in [0.15, 0.2) is 10.7 Å². The molecule has 8 nitrogen and oxygen atoms in total. The molecule has 0 aliphatic carbocycles. The lowest BCUT2D eigenvalue weighted by molar-refractivity contribution is 0.390. The molecule has 2 aromatic heterocycles. The summed E-state index contributed by atoms with van der Waals surface area (Å²) in [6, 6.07) is 6.44. The van der Waals surface area contributed by atoms with E-state index in [2.05, 4.69) is 14.3 Å². The summed E-state index contributed by atoms with van der Waals surface area (Å²) in [5, 5.41) is 5.88. The fourth-order valence-corrected chi connectivity index (χ4v) is 3.90. The lowest BCUT2D eigenvalue weighted by atomic mass is 10.1. The number of aromatic nitrogens is 3. The van der Waals surface area contributed by atoms with Crippen molar-refractivity contribution in [1.82, 2.24) is 14.7 Å². The minimum atomic E-state index is -4.08. The lowest BCUT2D eigenvalue weighted by Gasteiger charge is -2.07. The number of anilines is 1. The van der Waals surface area contributed by atoms with Crippen molar-refractivity contribution in [2.75, 3.05) is 4.72 Å². The lowest BCUT2D eigenvalue weighted by Crippen LogP contribution is -2.20. The maximum Gasteiger partial charge on any atom is 0.300 e. The van der Waals surface area contributed by atoms with Crippen LogP contribution >= 0.6 is 23.1 Å². The fraction of sp³-hybridized carbons (Fsp3) is 0.0833. The molecule has 0 saturated heterocycles. The molecule has 0 unspecified atom stereocenters. The van der Waals surface area contributed by atoms with Crippen molar-refractivity contribution < 1.29 is 12.9 Å². The van der Waals surface area contributed by atoms with Crippen LogP contribution in [0.15, 0.2) is 38.5 Å². The van der Waals surface area contributed by atoms with Crippen LogP contribution in [0.1, 0.15) is 5.76 Å². The van der Waals surface area contributed by atoms with Gasteiger partial charge < -0.3 is 4.52 Å². The summed E-state index contributed by atoms with van der Waals surface area (Å²) in [7, 11) is -4.08. The van der Waals surface area contributed by atoms with Crippen LogP contribution in [0.25, 0.3) is 11.3 Å². The van der Waals surface area contributed by atoms with Gasteiger partial charge in [-0.05, 0) is 19.1 Å². The number of benzene rings is 1. The zero-order valence-corrected chi connectivity index (χ0v) is 13.9. The summed E-state index contributed by atoms with van der Waals surface area (Å²) in [6.45, 7) is 1.38. The number of hydrogen-bond acceptors (Lipinski definition) is 7. The molecule has 0 radical (unpaired) electrons. The van der Waals surface area contributed by atoms with Gasteiger partial charge in [-0.25, -0.2) is 8.42 Å². The Balaban J connectivity index is 1.98. The van der Waals surface area contributed by atoms with Crippen LogP contribution in [0.2, 0.25) is 4.34 Å². The summed E-state index contributed by atoms with van der Waals surface area (Å²) >= 11 is 7.01. The third-order valence-corrected chi connectivity index (χ3v) is 5.35. The Morgan fingerprint density at radius 1 is 1.39 bits per heavy atom. The maximum absolute atomic E-state index is 12.3. The highest BCUT2D eigenvalue weighted by Crippen LogP contribution is 2.30. The van der Waals surface area contributed by atoms with Gasteiger partial charge in [0.2, 0.25) is 0 Å². The van der Waals surface area contributed by atoms with Crippen molar-refractivity contribution in [1.29, 1.82) is 0 Å². The van der Waals surface area contributed by atoms with Gasteiger partial charge in [-0.1, -0.05) is 28.2 Å². The van der Waals surface area contributed by atoms with Crippen LogP contribution in [-0.4, -0.2) is 23.2 Å². The highest BCUT2D eigenvalue weighted by molar-refractivity contribution is 7.92. The van der Waals surface area contributed by atoms with Crippen LogP contribution in [0.4, 0.5) is 5.69 Å². The van der Waals surface area contributed by atoms with Gasteiger partial charge in [-0.15, -0.1) is 5.10 Å². The molecule has 0 aliphatic heterocycles. The third-order valence-electron chi connectivity index (χ3n) is 2.93. The molecule has 2 heterocycles. The van der Waals surface area contributed by atoms with E-state index in [1.54, 1.807) is 24.3 Å². The van der Waals surface area contributed by atoms with Crippen LogP contribution in [0.3, 0.4) is 0 Å². The van der Waals surface area contributed by atoms with E-state index >= 15 is 0 Å². The van der Waals surface area contributed by atoms with E-state index in [-0.39, 0.29) is 11.4 Å². The molecule has 3 aromatic rings. The molecular formula is C12H9ClN4O4S2. The molecule has 3 rings (SSSR count). The first kappa shape index (κ1) is 15.7. The second-order valence-corrected chi connectivity index (χ2v) is 7.48. The van der Waals surface area contributed by atoms with E-state index in [0.717, 1.165) is 11.5 Å². The number of aryl methyl sites for hydroxylation is 1. The SMILES string of the molecule is Cc1o[nH]c(=O)c1S(=O)(=O)Nc1cccc(-c2nnsc2Cl)c1. The number of halogens is 1. The predicted molar refractivity (Wildman–Crippen MR) is 85.2 cm³/mol. The zero-order valence-electron chi connectivity index (χ0n) is 11.5. The standard InChI is InChI=1S/C12H9ClN4O4S2/c1-6-10(12(18)15-21-6)23(19,20)16-8-4-2-3-7(5-8)9-11(13)22-17-14-9/h2-5,16H,1H3,(H,15,18). The fourth-order valence-electron chi connectivity index (χ4n) is 1.97. The molecule has 0 spiro atoms. The van der Waals surface area contributed by atoms with Gasteiger partial charge in [0.1, 0.15) is 10.0 Å². The highest BCUT2D eigenvalue weighted by atomic mass is 35.5. The minimum Gasteiger partial charge on any atom is -0.382 e. The van der Waals surface area contributed by atoms with Crippen LogP contribution in [-0.2, 0) is 10.0 Å². The van der Waals surface area contributed by atoms with Crippen LogP contribution < -0.4 is 10.3 Å². The van der Waals surface area contributed by atoms with Gasteiger partial charge in [0.05, 0.1) is 0 Å². The number of nitrogens with one attached hydrogen (secondary N) is 2. The predicted octanol–water partition coefficient (Wildman–Crippen LogP) is 2.25. The molecule has 11 heteroatoms. The zero-order chi connectivity index (χ0) is 16.6. The normalized spacial score (nSPS) is 11.6. The summed E-state index contributed by atoms with van der Waals surface area (Å²) in [5.41, 5.74) is 0.487. The second kappa shape index (κ2) is 5.80. The maximum atomic E-state index is 12.3. The average Bonchev–Trinajstić information content (AvgIpc) is 3.05. The Morgan fingerprint density at radius 3 is 2.78 bits per heavy atom. The molecular weight excluding hydrogens is 364 g/mol. The van der Waals surface area contributed by atoms with E-state index in [9.17, 15) is 13.2 Å². The summed E-state index contributed by atoms with van der Waals surface area (Å²) in [6.07, 6.45) is 0. The molecule has 2 N–H and O–H groups in total. The van der Waals surface area contributed by atoms with Crippen LogP contribution in [0, 0.1) is 6.92 Å². The van der Waals surface area contributed by atoms with Crippen molar-refractivity contribution in [3.63, 3.8) is 0 Å². The topological polar surface area (TPSA) is 118 Å². The minimum absolute atomic E-state index is 0.0228. The second-order valence-electron chi connectivity index (χ2n) is 4.50. The van der Waals surface area contributed by atoms with Gasteiger partial charge in [-0.2, -0.15) is 5.16 Å². The molecule has 0 bridgehead atoms. The number of hydrogen-bond donors (Lipinski definition) is 2. The smallest absolute Gasteiger partial charge is 0.300 e. The van der Waals surface area contributed by atoms with E-state index in [4.69, 9.17) is 16.1 Å². The van der Waals surface area contributed by atoms with E-state index < -0.39 is 20.5 Å². The van der Waals surface area contributed by atoms with Gasteiger partial charge in [-0.3, -0.25) is 9.52 Å². The van der Waals surface area contributed by atoms with E-state index in [1.165, 1.54) is 6.92 Å². The van der Waals surface area contributed by atoms with Crippen molar-refractivity contribution in [3.05, 3.63) is 44.7 Å². The Kier molecular flexibility index (Phi) is 3.96. The Bertz CT molecular complexity index is 1020. The quantitative estimate of drug-likeness (QED) is 0.725. The van der Waals surface area contributed by atoms with Crippen molar-refractivity contribution >= 4 is 38.8 Å². The number of nitrogens with zero attached hydrogens (tertiary/aromatic N) is 2. The Morgan fingerprint density at radius 2 is 2.17 bits per heavy atom.